The fourth-order valence-corrected chi connectivity index (χ4v) is 1.90. The molecule has 1 heterocycles. The van der Waals surface area contributed by atoms with Crippen LogP contribution in [0.2, 0.25) is 0 Å². The zero-order valence-electron chi connectivity index (χ0n) is 11.0. The zero-order chi connectivity index (χ0) is 12.8. The van der Waals surface area contributed by atoms with E-state index < -0.39 is 0 Å². The SMILES string of the molecule is CN(C)C(=O)CN(C)C(=O)CC1CCCCN1. The van der Waals surface area contributed by atoms with Gasteiger partial charge in [-0.05, 0) is 19.4 Å². The van der Waals surface area contributed by atoms with Gasteiger partial charge in [0.05, 0.1) is 6.54 Å². The van der Waals surface area contributed by atoms with Gasteiger partial charge >= 0.3 is 0 Å². The van der Waals surface area contributed by atoms with E-state index in [0.717, 1.165) is 13.0 Å². The molecule has 1 aliphatic heterocycles. The monoisotopic (exact) mass is 241 g/mol. The van der Waals surface area contributed by atoms with Crippen LogP contribution in [-0.2, 0) is 9.59 Å². The highest BCUT2D eigenvalue weighted by molar-refractivity contribution is 5.84. The van der Waals surface area contributed by atoms with E-state index in [1.165, 1.54) is 22.6 Å². The molecule has 0 bridgehead atoms. The van der Waals surface area contributed by atoms with Crippen molar-refractivity contribution in [3.05, 3.63) is 0 Å². The van der Waals surface area contributed by atoms with E-state index in [0.29, 0.717) is 6.42 Å². The van der Waals surface area contributed by atoms with Gasteiger partial charge in [0, 0.05) is 33.6 Å². The highest BCUT2D eigenvalue weighted by atomic mass is 16.2. The summed E-state index contributed by atoms with van der Waals surface area (Å²) >= 11 is 0. The summed E-state index contributed by atoms with van der Waals surface area (Å²) in [4.78, 5) is 26.4. The molecule has 1 N–H and O–H groups in total. The lowest BCUT2D eigenvalue weighted by Crippen LogP contribution is -2.42. The molecule has 0 aliphatic carbocycles. The molecule has 2 amide bonds. The number of rotatable bonds is 4. The van der Waals surface area contributed by atoms with Crippen molar-refractivity contribution in [2.24, 2.45) is 0 Å². The van der Waals surface area contributed by atoms with Crippen molar-refractivity contribution in [3.8, 4) is 0 Å². The molecule has 1 rings (SSSR count). The molecule has 1 aliphatic rings. The Morgan fingerprint density at radius 1 is 1.18 bits per heavy atom. The van der Waals surface area contributed by atoms with Gasteiger partial charge in [-0.15, -0.1) is 0 Å². The van der Waals surface area contributed by atoms with Gasteiger partial charge in [0.2, 0.25) is 11.8 Å². The Hall–Kier alpha value is -1.10. The molecule has 0 radical (unpaired) electrons. The topological polar surface area (TPSA) is 52.7 Å². The van der Waals surface area contributed by atoms with E-state index in [9.17, 15) is 9.59 Å². The quantitative estimate of drug-likeness (QED) is 0.757. The van der Waals surface area contributed by atoms with Gasteiger partial charge in [0.1, 0.15) is 0 Å². The number of carbonyl (C=O) groups excluding carboxylic acids is 2. The maximum atomic E-state index is 11.9. The molecule has 1 atom stereocenters. The van der Waals surface area contributed by atoms with E-state index >= 15 is 0 Å². The number of nitrogens with zero attached hydrogens (tertiary/aromatic N) is 2. The lowest BCUT2D eigenvalue weighted by molar-refractivity contribution is -0.138. The number of amides is 2. The smallest absolute Gasteiger partial charge is 0.241 e. The van der Waals surface area contributed by atoms with Crippen LogP contribution in [0, 0.1) is 0 Å². The first-order valence-electron chi connectivity index (χ1n) is 6.18. The Morgan fingerprint density at radius 2 is 1.88 bits per heavy atom. The number of likely N-dealkylation sites (N-methyl/N-ethyl adjacent to an activating group) is 2. The molecule has 1 saturated heterocycles. The minimum Gasteiger partial charge on any atom is -0.347 e. The van der Waals surface area contributed by atoms with Gasteiger partial charge in [0.15, 0.2) is 0 Å². The Labute approximate surface area is 103 Å². The summed E-state index contributed by atoms with van der Waals surface area (Å²) in [6.07, 6.45) is 3.93. The molecule has 17 heavy (non-hydrogen) atoms. The summed E-state index contributed by atoms with van der Waals surface area (Å²) in [5, 5.41) is 3.34. The molecule has 0 aromatic carbocycles. The molecule has 5 heteroatoms. The Morgan fingerprint density at radius 3 is 2.41 bits per heavy atom. The molecular weight excluding hydrogens is 218 g/mol. The van der Waals surface area contributed by atoms with Crippen molar-refractivity contribution >= 4 is 11.8 Å². The van der Waals surface area contributed by atoms with Crippen molar-refractivity contribution in [1.29, 1.82) is 0 Å². The first-order chi connectivity index (χ1) is 8.00. The minimum atomic E-state index is -0.0440. The predicted octanol–water partition coefficient (Wildman–Crippen LogP) is 0.0652. The Kier molecular flexibility index (Phi) is 5.41. The number of carbonyl (C=O) groups is 2. The van der Waals surface area contributed by atoms with Crippen LogP contribution < -0.4 is 5.32 Å². The fraction of sp³-hybridized carbons (Fsp3) is 0.833. The van der Waals surface area contributed by atoms with Gasteiger partial charge in [-0.2, -0.15) is 0 Å². The molecule has 1 fully saturated rings. The van der Waals surface area contributed by atoms with Gasteiger partial charge in [0.25, 0.3) is 0 Å². The standard InChI is InChI=1S/C12H23N3O2/c1-14(2)12(17)9-15(3)11(16)8-10-6-4-5-7-13-10/h10,13H,4-9H2,1-3H3. The molecule has 0 aromatic rings. The van der Waals surface area contributed by atoms with Gasteiger partial charge < -0.3 is 15.1 Å². The van der Waals surface area contributed by atoms with E-state index in [2.05, 4.69) is 5.32 Å². The van der Waals surface area contributed by atoms with E-state index in [4.69, 9.17) is 0 Å². The number of hydrogen-bond acceptors (Lipinski definition) is 3. The van der Waals surface area contributed by atoms with E-state index in [1.54, 1.807) is 21.1 Å². The average molecular weight is 241 g/mol. The van der Waals surface area contributed by atoms with Gasteiger partial charge in [-0.25, -0.2) is 0 Å². The van der Waals surface area contributed by atoms with Crippen molar-refractivity contribution in [2.75, 3.05) is 34.2 Å². The van der Waals surface area contributed by atoms with Crippen LogP contribution in [0.15, 0.2) is 0 Å². The second-order valence-electron chi connectivity index (χ2n) is 4.89. The van der Waals surface area contributed by atoms with Gasteiger partial charge in [-0.1, -0.05) is 6.42 Å². The normalized spacial score (nSPS) is 19.8. The van der Waals surface area contributed by atoms with Crippen LogP contribution in [0.5, 0.6) is 0 Å². The predicted molar refractivity (Wildman–Crippen MR) is 66.6 cm³/mol. The maximum absolute atomic E-state index is 11.9. The lowest BCUT2D eigenvalue weighted by atomic mass is 10.0. The molecule has 0 saturated carbocycles. The van der Waals surface area contributed by atoms with Gasteiger partial charge in [-0.3, -0.25) is 9.59 Å². The average Bonchev–Trinajstić information content (AvgIpc) is 2.29. The summed E-state index contributed by atoms with van der Waals surface area (Å²) in [6, 6.07) is 0.285. The summed E-state index contributed by atoms with van der Waals surface area (Å²) < 4.78 is 0. The van der Waals surface area contributed by atoms with Crippen molar-refractivity contribution in [1.82, 2.24) is 15.1 Å². The van der Waals surface area contributed by atoms with E-state index in [1.807, 2.05) is 0 Å². The Bertz CT molecular complexity index is 273. The summed E-state index contributed by atoms with van der Waals surface area (Å²) in [7, 11) is 5.08. The van der Waals surface area contributed by atoms with Crippen LogP contribution in [0.1, 0.15) is 25.7 Å². The summed E-state index contributed by atoms with van der Waals surface area (Å²) in [6.45, 7) is 1.16. The third-order valence-electron chi connectivity index (χ3n) is 3.13. The largest absolute Gasteiger partial charge is 0.347 e. The molecule has 5 nitrogen and oxygen atoms in total. The molecule has 98 valence electrons. The maximum Gasteiger partial charge on any atom is 0.241 e. The third kappa shape index (κ3) is 4.73. The zero-order valence-corrected chi connectivity index (χ0v) is 11.0. The highest BCUT2D eigenvalue weighted by Crippen LogP contribution is 2.11. The summed E-state index contributed by atoms with van der Waals surface area (Å²) in [5.41, 5.74) is 0. The Balaban J connectivity index is 2.33. The molecule has 1 unspecified atom stereocenters. The molecule has 0 spiro atoms. The van der Waals surface area contributed by atoms with Crippen LogP contribution >= 0.6 is 0 Å². The number of nitrogens with one attached hydrogen (secondary N) is 1. The van der Waals surface area contributed by atoms with Crippen LogP contribution in [-0.4, -0.2) is 61.9 Å². The van der Waals surface area contributed by atoms with Crippen LogP contribution in [0.3, 0.4) is 0 Å². The second-order valence-corrected chi connectivity index (χ2v) is 4.89. The number of hydrogen-bond donors (Lipinski definition) is 1. The van der Waals surface area contributed by atoms with E-state index in [-0.39, 0.29) is 24.4 Å². The van der Waals surface area contributed by atoms with Crippen molar-refractivity contribution in [2.45, 2.75) is 31.7 Å². The first-order valence-corrected chi connectivity index (χ1v) is 6.18. The highest BCUT2D eigenvalue weighted by Gasteiger charge is 2.20. The summed E-state index contributed by atoms with van der Waals surface area (Å²) in [5.74, 6) is -0.00273. The minimum absolute atomic E-state index is 0.0413. The van der Waals surface area contributed by atoms with Crippen molar-refractivity contribution in [3.63, 3.8) is 0 Å². The first kappa shape index (κ1) is 14.0. The van der Waals surface area contributed by atoms with Crippen molar-refractivity contribution < 1.29 is 9.59 Å². The lowest BCUT2D eigenvalue weighted by Gasteiger charge is -2.25. The molecule has 0 aromatic heterocycles. The second kappa shape index (κ2) is 6.59. The van der Waals surface area contributed by atoms with Crippen LogP contribution in [0.25, 0.3) is 0 Å². The van der Waals surface area contributed by atoms with Crippen LogP contribution in [0.4, 0.5) is 0 Å². The fourth-order valence-electron chi connectivity index (χ4n) is 1.90. The number of piperidine rings is 1. The third-order valence-corrected chi connectivity index (χ3v) is 3.13. The molecular formula is C12H23N3O2.